The van der Waals surface area contributed by atoms with E-state index in [2.05, 4.69) is 35.1 Å². The molecule has 2 aliphatic heterocycles. The molecule has 49 heavy (non-hydrogen) atoms. The van der Waals surface area contributed by atoms with Gasteiger partial charge in [0.2, 0.25) is 10.0 Å². The molecule has 11 heteroatoms. The Labute approximate surface area is 290 Å². The molecule has 0 bridgehead atoms. The first-order chi connectivity index (χ1) is 23.8. The fraction of sp³-hybridized carbons (Fsp3) is 0.447. The molecule has 0 radical (unpaired) electrons. The van der Waals surface area contributed by atoms with Gasteiger partial charge in [-0.25, -0.2) is 8.42 Å². The minimum Gasteiger partial charge on any atom is -0.497 e. The van der Waals surface area contributed by atoms with Gasteiger partial charge in [-0.15, -0.1) is 0 Å². The van der Waals surface area contributed by atoms with E-state index in [9.17, 15) is 8.42 Å². The van der Waals surface area contributed by atoms with Crippen LogP contribution >= 0.6 is 0 Å². The molecule has 4 atom stereocenters. The van der Waals surface area contributed by atoms with Gasteiger partial charge in [0.1, 0.15) is 18.1 Å². The van der Waals surface area contributed by atoms with Gasteiger partial charge >= 0.3 is 0 Å². The van der Waals surface area contributed by atoms with Gasteiger partial charge in [-0.05, 0) is 86.7 Å². The van der Waals surface area contributed by atoms with Crippen molar-refractivity contribution in [2.75, 3.05) is 52.0 Å². The molecule has 0 aliphatic carbocycles. The zero-order valence-electron chi connectivity index (χ0n) is 28.9. The van der Waals surface area contributed by atoms with Gasteiger partial charge in [0.15, 0.2) is 0 Å². The Balaban J connectivity index is 1.31. The number of anilines is 1. The smallest absolute Gasteiger partial charge is 0.243 e. The highest BCUT2D eigenvalue weighted by molar-refractivity contribution is 7.89. The van der Waals surface area contributed by atoms with Crippen molar-refractivity contribution in [2.24, 2.45) is 0 Å². The van der Waals surface area contributed by atoms with Gasteiger partial charge in [-0.2, -0.15) is 9.40 Å². The highest BCUT2D eigenvalue weighted by Crippen LogP contribution is 2.40. The molecule has 0 unspecified atom stereocenters. The SMILES string of the molecule is COCCCN1CCOc2ccc(CO[C@H]3CN(S(=O)(=O)c4ccc(C)cc4)[C@@H](C[C@H](C)n4cccn4)C[C@@H]3c3ccc(OC)cc3)cc21. The number of fused-ring (bicyclic) bond motifs is 1. The first-order valence-corrected chi connectivity index (χ1v) is 18.5. The normalized spacial score (nSPS) is 20.4. The van der Waals surface area contributed by atoms with Crippen LogP contribution in [-0.2, 0) is 26.1 Å². The Bertz CT molecular complexity index is 1750. The van der Waals surface area contributed by atoms with Gasteiger partial charge in [0.25, 0.3) is 0 Å². The lowest BCUT2D eigenvalue weighted by molar-refractivity contribution is -0.0223. The van der Waals surface area contributed by atoms with Crippen LogP contribution in [0.4, 0.5) is 5.69 Å². The van der Waals surface area contributed by atoms with Crippen molar-refractivity contribution in [3.05, 3.63) is 102 Å². The molecule has 0 spiro atoms. The third-order valence-corrected chi connectivity index (χ3v) is 11.7. The summed E-state index contributed by atoms with van der Waals surface area (Å²) < 4.78 is 56.0. The lowest BCUT2D eigenvalue weighted by Gasteiger charge is -2.44. The largest absolute Gasteiger partial charge is 0.497 e. The number of nitrogens with zero attached hydrogens (tertiary/aromatic N) is 4. The number of benzene rings is 3. The number of sulfonamides is 1. The van der Waals surface area contributed by atoms with Crippen LogP contribution in [0.5, 0.6) is 11.5 Å². The van der Waals surface area contributed by atoms with Crippen LogP contribution in [0.1, 0.15) is 54.8 Å². The Hall–Kier alpha value is -3.90. The summed E-state index contributed by atoms with van der Waals surface area (Å²) >= 11 is 0. The molecule has 1 fully saturated rings. The van der Waals surface area contributed by atoms with Crippen molar-refractivity contribution in [3.63, 3.8) is 0 Å². The fourth-order valence-corrected chi connectivity index (χ4v) is 8.69. The summed E-state index contributed by atoms with van der Waals surface area (Å²) in [5.74, 6) is 1.60. The minimum atomic E-state index is -3.83. The van der Waals surface area contributed by atoms with Crippen LogP contribution in [0.3, 0.4) is 0 Å². The lowest BCUT2D eigenvalue weighted by atomic mass is 9.82. The van der Waals surface area contributed by atoms with Gasteiger partial charge in [-0.1, -0.05) is 35.9 Å². The maximum atomic E-state index is 14.4. The molecule has 0 amide bonds. The first kappa shape index (κ1) is 34.9. The van der Waals surface area contributed by atoms with E-state index in [1.165, 1.54) is 0 Å². The van der Waals surface area contributed by atoms with Crippen molar-refractivity contribution in [2.45, 2.75) is 68.7 Å². The Kier molecular flexibility index (Phi) is 11.2. The second-order valence-corrected chi connectivity index (χ2v) is 15.0. The number of methoxy groups -OCH3 is 2. The van der Waals surface area contributed by atoms with Crippen LogP contribution in [0, 0.1) is 6.92 Å². The highest BCUT2D eigenvalue weighted by Gasteiger charge is 2.43. The fourth-order valence-electron chi connectivity index (χ4n) is 7.03. The number of ether oxygens (including phenoxy) is 4. The van der Waals surface area contributed by atoms with Crippen LogP contribution in [0.25, 0.3) is 0 Å². The summed E-state index contributed by atoms with van der Waals surface area (Å²) in [4.78, 5) is 2.63. The van der Waals surface area contributed by atoms with E-state index in [-0.39, 0.29) is 24.5 Å². The van der Waals surface area contributed by atoms with Crippen LogP contribution in [-0.4, -0.2) is 81.7 Å². The van der Waals surface area contributed by atoms with Gasteiger partial charge in [0, 0.05) is 51.2 Å². The third-order valence-electron chi connectivity index (χ3n) is 9.73. The van der Waals surface area contributed by atoms with E-state index < -0.39 is 16.1 Å². The Morgan fingerprint density at radius 2 is 1.84 bits per heavy atom. The average molecular weight is 689 g/mol. The molecule has 4 aromatic rings. The van der Waals surface area contributed by atoms with E-state index >= 15 is 0 Å². The second-order valence-electron chi connectivity index (χ2n) is 13.1. The molecule has 262 valence electrons. The molecule has 3 aromatic carbocycles. The molecule has 2 aliphatic rings. The topological polar surface area (TPSA) is 95.4 Å². The van der Waals surface area contributed by atoms with E-state index in [1.807, 2.05) is 60.3 Å². The quantitative estimate of drug-likeness (QED) is 0.144. The molecule has 10 nitrogen and oxygen atoms in total. The molecule has 3 heterocycles. The zero-order valence-corrected chi connectivity index (χ0v) is 29.7. The molecule has 0 saturated carbocycles. The number of aryl methyl sites for hydroxylation is 1. The van der Waals surface area contributed by atoms with Crippen LogP contribution in [0.2, 0.25) is 0 Å². The summed E-state index contributed by atoms with van der Waals surface area (Å²) in [5.41, 5.74) is 4.17. The van der Waals surface area contributed by atoms with Crippen molar-refractivity contribution >= 4 is 15.7 Å². The monoisotopic (exact) mass is 688 g/mol. The first-order valence-electron chi connectivity index (χ1n) is 17.1. The predicted molar refractivity (Wildman–Crippen MR) is 190 cm³/mol. The molecular formula is C38H48N4O6S. The molecule has 1 saturated heterocycles. The summed E-state index contributed by atoms with van der Waals surface area (Å²) in [5, 5.41) is 4.46. The minimum absolute atomic E-state index is 0.00532. The van der Waals surface area contributed by atoms with Gasteiger partial charge in [-0.3, -0.25) is 4.68 Å². The highest BCUT2D eigenvalue weighted by atomic mass is 32.2. The van der Waals surface area contributed by atoms with Crippen LogP contribution in [0.15, 0.2) is 90.1 Å². The summed E-state index contributed by atoms with van der Waals surface area (Å²) in [6.07, 6.45) is 5.42. The maximum Gasteiger partial charge on any atom is 0.243 e. The Morgan fingerprint density at radius 1 is 1.04 bits per heavy atom. The zero-order chi connectivity index (χ0) is 34.4. The van der Waals surface area contributed by atoms with Crippen molar-refractivity contribution in [1.82, 2.24) is 14.1 Å². The van der Waals surface area contributed by atoms with E-state index in [4.69, 9.17) is 18.9 Å². The van der Waals surface area contributed by atoms with E-state index in [0.29, 0.717) is 37.6 Å². The Morgan fingerprint density at radius 3 is 2.55 bits per heavy atom. The number of hydrogen-bond acceptors (Lipinski definition) is 8. The molecular weight excluding hydrogens is 641 g/mol. The lowest BCUT2D eigenvalue weighted by Crippen LogP contribution is -2.52. The maximum absolute atomic E-state index is 14.4. The number of hydrogen-bond donors (Lipinski definition) is 0. The summed E-state index contributed by atoms with van der Waals surface area (Å²) in [6, 6.07) is 23.0. The molecule has 1 aromatic heterocycles. The van der Waals surface area contributed by atoms with E-state index in [1.54, 1.807) is 36.9 Å². The van der Waals surface area contributed by atoms with Crippen molar-refractivity contribution in [1.29, 1.82) is 0 Å². The van der Waals surface area contributed by atoms with Gasteiger partial charge < -0.3 is 23.8 Å². The average Bonchev–Trinajstić information content (AvgIpc) is 3.67. The second kappa shape index (κ2) is 15.8. The predicted octanol–water partition coefficient (Wildman–Crippen LogP) is 6.22. The molecule has 0 N–H and O–H groups in total. The summed E-state index contributed by atoms with van der Waals surface area (Å²) in [6.45, 7) is 7.65. The number of aromatic nitrogens is 2. The standard InChI is InChI=1S/C38H48N4O6S/c1-28-7-14-34(15-8-28)49(43,44)42-26-38(48-27-30-9-16-37-36(24-30)40(20-22-47-37)18-6-21-45-3)35(31-10-12-33(46-4)13-11-31)25-32(42)23-29(2)41-19-5-17-39-41/h5,7-17,19,24,29,32,35,38H,6,18,20-23,25-27H2,1-4H3/t29-,32-,35+,38-/m0/s1. The van der Waals surface area contributed by atoms with Crippen molar-refractivity contribution in [3.8, 4) is 11.5 Å². The summed E-state index contributed by atoms with van der Waals surface area (Å²) in [7, 11) is -0.453. The third kappa shape index (κ3) is 8.12. The molecule has 6 rings (SSSR count). The van der Waals surface area contributed by atoms with E-state index in [0.717, 1.165) is 53.4 Å². The number of piperidine rings is 1. The van der Waals surface area contributed by atoms with Gasteiger partial charge in [0.05, 0.1) is 43.0 Å². The van der Waals surface area contributed by atoms with Crippen molar-refractivity contribution < 1.29 is 27.4 Å². The number of rotatable bonds is 14. The van der Waals surface area contributed by atoms with Crippen LogP contribution < -0.4 is 14.4 Å².